The third-order valence-electron chi connectivity index (χ3n) is 4.03. The largest absolute Gasteiger partial charge is 0.382 e. The Hall–Kier alpha value is -1.85. The molecule has 0 aliphatic carbocycles. The number of rotatable bonds is 4. The molecule has 3 rings (SSSR count). The number of halogens is 1. The topological polar surface area (TPSA) is 56.1 Å². The second-order valence-electron chi connectivity index (χ2n) is 5.89. The Bertz CT molecular complexity index is 722. The van der Waals surface area contributed by atoms with Crippen molar-refractivity contribution in [2.24, 2.45) is 5.92 Å². The van der Waals surface area contributed by atoms with Gasteiger partial charge in [0.05, 0.1) is 24.2 Å². The molecule has 1 N–H and O–H groups in total. The highest BCUT2D eigenvalue weighted by molar-refractivity contribution is 6.32. The monoisotopic (exact) mass is 333 g/mol. The molecular formula is C17H20ClN3O2. The van der Waals surface area contributed by atoms with Crippen molar-refractivity contribution in [2.45, 2.75) is 19.8 Å². The Morgan fingerprint density at radius 2 is 2.17 bits per heavy atom. The number of nitrogens with zero attached hydrogens (tertiary/aromatic N) is 2. The van der Waals surface area contributed by atoms with Crippen molar-refractivity contribution in [1.82, 2.24) is 9.78 Å². The number of benzene rings is 1. The molecule has 0 spiro atoms. The molecule has 0 bridgehead atoms. The van der Waals surface area contributed by atoms with Crippen molar-refractivity contribution in [1.29, 1.82) is 0 Å². The summed E-state index contributed by atoms with van der Waals surface area (Å²) in [7, 11) is 0. The summed E-state index contributed by atoms with van der Waals surface area (Å²) in [5.41, 5.74) is 2.08. The van der Waals surface area contributed by atoms with Crippen molar-refractivity contribution < 1.29 is 4.74 Å². The minimum absolute atomic E-state index is 0.164. The van der Waals surface area contributed by atoms with Gasteiger partial charge in [-0.2, -0.15) is 9.78 Å². The predicted molar refractivity (Wildman–Crippen MR) is 91.6 cm³/mol. The fourth-order valence-electron chi connectivity index (χ4n) is 2.65. The number of ether oxygens (including phenoxy) is 1. The molecule has 0 amide bonds. The first-order valence-corrected chi connectivity index (χ1v) is 8.19. The lowest BCUT2D eigenvalue weighted by Gasteiger charge is -2.22. The van der Waals surface area contributed by atoms with Gasteiger partial charge in [0.2, 0.25) is 0 Å². The zero-order valence-corrected chi connectivity index (χ0v) is 13.8. The van der Waals surface area contributed by atoms with Crippen LogP contribution in [-0.2, 0) is 4.74 Å². The molecule has 1 atom stereocenters. The predicted octanol–water partition coefficient (Wildman–Crippen LogP) is 3.03. The van der Waals surface area contributed by atoms with E-state index in [2.05, 4.69) is 10.4 Å². The molecule has 1 aliphatic heterocycles. The van der Waals surface area contributed by atoms with Gasteiger partial charge in [-0.15, -0.1) is 0 Å². The quantitative estimate of drug-likeness (QED) is 0.934. The Labute approximate surface area is 140 Å². The van der Waals surface area contributed by atoms with Crippen LogP contribution in [0.3, 0.4) is 0 Å². The molecular weight excluding hydrogens is 314 g/mol. The molecule has 23 heavy (non-hydrogen) atoms. The van der Waals surface area contributed by atoms with Gasteiger partial charge in [-0.1, -0.05) is 29.3 Å². The van der Waals surface area contributed by atoms with Crippen molar-refractivity contribution in [3.8, 4) is 5.69 Å². The van der Waals surface area contributed by atoms with E-state index in [9.17, 15) is 4.79 Å². The summed E-state index contributed by atoms with van der Waals surface area (Å²) < 4.78 is 6.77. The second kappa shape index (κ2) is 7.15. The van der Waals surface area contributed by atoms with E-state index in [-0.39, 0.29) is 10.6 Å². The van der Waals surface area contributed by atoms with Crippen LogP contribution in [0.5, 0.6) is 0 Å². The van der Waals surface area contributed by atoms with Crippen LogP contribution in [0.25, 0.3) is 5.69 Å². The second-order valence-corrected chi connectivity index (χ2v) is 6.27. The SMILES string of the molecule is Cc1ccc(-n2ncc(NCC3CCCOC3)c(Cl)c2=O)cc1. The summed E-state index contributed by atoms with van der Waals surface area (Å²) in [5, 5.41) is 7.62. The first kappa shape index (κ1) is 16.0. The van der Waals surface area contributed by atoms with Gasteiger partial charge < -0.3 is 10.1 Å². The van der Waals surface area contributed by atoms with E-state index in [4.69, 9.17) is 16.3 Å². The summed E-state index contributed by atoms with van der Waals surface area (Å²) in [5.74, 6) is 0.444. The Kier molecular flexibility index (Phi) is 4.98. The van der Waals surface area contributed by atoms with Crippen LogP contribution in [0.15, 0.2) is 35.3 Å². The number of aryl methyl sites for hydroxylation is 1. The van der Waals surface area contributed by atoms with Crippen molar-refractivity contribution in [3.05, 3.63) is 51.4 Å². The minimum Gasteiger partial charge on any atom is -0.382 e. The summed E-state index contributed by atoms with van der Waals surface area (Å²) in [6.45, 7) is 4.31. The first-order valence-electron chi connectivity index (χ1n) is 7.81. The molecule has 1 saturated heterocycles. The average molecular weight is 334 g/mol. The fraction of sp³-hybridized carbons (Fsp3) is 0.412. The Balaban J connectivity index is 1.77. The third-order valence-corrected chi connectivity index (χ3v) is 4.40. The van der Waals surface area contributed by atoms with Crippen molar-refractivity contribution in [3.63, 3.8) is 0 Å². The van der Waals surface area contributed by atoms with Crippen LogP contribution in [0, 0.1) is 12.8 Å². The molecule has 0 radical (unpaired) electrons. The summed E-state index contributed by atoms with van der Waals surface area (Å²) in [4.78, 5) is 12.4. The average Bonchev–Trinajstić information content (AvgIpc) is 2.58. The van der Waals surface area contributed by atoms with Gasteiger partial charge in [0, 0.05) is 13.2 Å². The van der Waals surface area contributed by atoms with E-state index in [1.165, 1.54) is 4.68 Å². The molecule has 2 heterocycles. The number of aromatic nitrogens is 2. The van der Waals surface area contributed by atoms with Gasteiger partial charge in [0.1, 0.15) is 5.02 Å². The minimum atomic E-state index is -0.319. The van der Waals surface area contributed by atoms with Crippen LogP contribution in [0.1, 0.15) is 18.4 Å². The van der Waals surface area contributed by atoms with Crippen LogP contribution in [0.2, 0.25) is 5.02 Å². The lowest BCUT2D eigenvalue weighted by molar-refractivity contribution is 0.0595. The van der Waals surface area contributed by atoms with E-state index in [0.29, 0.717) is 17.3 Å². The van der Waals surface area contributed by atoms with E-state index >= 15 is 0 Å². The molecule has 1 aromatic heterocycles. The van der Waals surface area contributed by atoms with Gasteiger partial charge in [0.15, 0.2) is 0 Å². The highest BCUT2D eigenvalue weighted by Crippen LogP contribution is 2.19. The molecule has 0 saturated carbocycles. The van der Waals surface area contributed by atoms with Crippen LogP contribution in [0.4, 0.5) is 5.69 Å². The maximum absolute atomic E-state index is 12.4. The molecule has 1 fully saturated rings. The molecule has 6 heteroatoms. The smallest absolute Gasteiger partial charge is 0.292 e. The van der Waals surface area contributed by atoms with E-state index in [1.807, 2.05) is 31.2 Å². The van der Waals surface area contributed by atoms with E-state index in [0.717, 1.165) is 38.2 Å². The molecule has 1 aromatic carbocycles. The standard InChI is InChI=1S/C17H20ClN3O2/c1-12-4-6-14(7-5-12)21-17(22)16(18)15(10-20-21)19-9-13-3-2-8-23-11-13/h4-7,10,13,19H,2-3,8-9,11H2,1H3. The van der Waals surface area contributed by atoms with Crippen molar-refractivity contribution >= 4 is 17.3 Å². The zero-order valence-electron chi connectivity index (χ0n) is 13.1. The number of hydrogen-bond donors (Lipinski definition) is 1. The van der Waals surface area contributed by atoms with Gasteiger partial charge in [0.25, 0.3) is 5.56 Å². The van der Waals surface area contributed by atoms with Gasteiger partial charge in [-0.25, -0.2) is 0 Å². The van der Waals surface area contributed by atoms with Crippen LogP contribution in [-0.4, -0.2) is 29.5 Å². The molecule has 5 nitrogen and oxygen atoms in total. The number of hydrogen-bond acceptors (Lipinski definition) is 4. The molecule has 2 aromatic rings. The zero-order chi connectivity index (χ0) is 16.2. The first-order chi connectivity index (χ1) is 11.1. The normalized spacial score (nSPS) is 17.9. The van der Waals surface area contributed by atoms with Gasteiger partial charge in [-0.3, -0.25) is 4.79 Å². The van der Waals surface area contributed by atoms with Crippen LogP contribution < -0.4 is 10.9 Å². The number of nitrogens with one attached hydrogen (secondary N) is 1. The molecule has 122 valence electrons. The Morgan fingerprint density at radius 1 is 1.39 bits per heavy atom. The highest BCUT2D eigenvalue weighted by atomic mass is 35.5. The number of anilines is 1. The summed E-state index contributed by atoms with van der Waals surface area (Å²) >= 11 is 6.23. The van der Waals surface area contributed by atoms with Gasteiger partial charge in [-0.05, 0) is 37.8 Å². The maximum atomic E-state index is 12.4. The van der Waals surface area contributed by atoms with E-state index < -0.39 is 0 Å². The van der Waals surface area contributed by atoms with Crippen LogP contribution >= 0.6 is 11.6 Å². The van der Waals surface area contributed by atoms with Gasteiger partial charge >= 0.3 is 0 Å². The lowest BCUT2D eigenvalue weighted by Crippen LogP contribution is -2.26. The van der Waals surface area contributed by atoms with E-state index in [1.54, 1.807) is 6.20 Å². The third kappa shape index (κ3) is 3.74. The lowest BCUT2D eigenvalue weighted by atomic mass is 10.0. The molecule has 1 aliphatic rings. The maximum Gasteiger partial charge on any atom is 0.292 e. The fourth-order valence-corrected chi connectivity index (χ4v) is 2.84. The van der Waals surface area contributed by atoms with Crippen molar-refractivity contribution in [2.75, 3.05) is 25.1 Å². The summed E-state index contributed by atoms with van der Waals surface area (Å²) in [6.07, 6.45) is 3.80. The summed E-state index contributed by atoms with van der Waals surface area (Å²) in [6, 6.07) is 7.58. The highest BCUT2D eigenvalue weighted by Gasteiger charge is 2.15. The Morgan fingerprint density at radius 3 is 2.87 bits per heavy atom. The molecule has 1 unspecified atom stereocenters.